The Morgan fingerprint density at radius 1 is 0.971 bits per heavy atom. The molecule has 1 saturated carbocycles. The fourth-order valence-corrected chi connectivity index (χ4v) is 4.98. The summed E-state index contributed by atoms with van der Waals surface area (Å²) in [6.07, 6.45) is 4.44. The summed E-state index contributed by atoms with van der Waals surface area (Å²) in [6.45, 7) is 3.67. The number of nitrogens with zero attached hydrogens (tertiary/aromatic N) is 2. The predicted molar refractivity (Wildman–Crippen MR) is 131 cm³/mol. The molecular formula is C27H36N2O5. The van der Waals surface area contributed by atoms with E-state index < -0.39 is 0 Å². The molecule has 1 atom stereocenters. The Hall–Kier alpha value is -2.77. The number of hydrogen-bond donors (Lipinski definition) is 0. The average Bonchev–Trinajstić information content (AvgIpc) is 3.41. The van der Waals surface area contributed by atoms with Gasteiger partial charge in [0.15, 0.2) is 0 Å². The topological polar surface area (TPSA) is 60.5 Å². The largest absolute Gasteiger partial charge is 0.497 e. The minimum Gasteiger partial charge on any atom is -0.497 e. The molecule has 0 bridgehead atoms. The third-order valence-electron chi connectivity index (χ3n) is 6.80. The molecule has 1 aliphatic heterocycles. The van der Waals surface area contributed by atoms with Crippen LogP contribution in [0.15, 0.2) is 42.5 Å². The molecule has 1 aliphatic carbocycles. The van der Waals surface area contributed by atoms with Gasteiger partial charge < -0.3 is 23.8 Å². The minimum atomic E-state index is -0.0240. The number of hydrogen-bond acceptors (Lipinski definition) is 6. The molecule has 1 unspecified atom stereocenters. The summed E-state index contributed by atoms with van der Waals surface area (Å²) in [4.78, 5) is 17.9. The van der Waals surface area contributed by atoms with Crippen LogP contribution in [0.1, 0.15) is 41.6 Å². The zero-order valence-electron chi connectivity index (χ0n) is 20.5. The van der Waals surface area contributed by atoms with Crippen LogP contribution < -0.4 is 14.2 Å². The Balaban J connectivity index is 1.44. The van der Waals surface area contributed by atoms with Crippen LogP contribution in [0.25, 0.3) is 0 Å². The molecule has 1 saturated heterocycles. The Labute approximate surface area is 202 Å². The van der Waals surface area contributed by atoms with E-state index in [-0.39, 0.29) is 18.1 Å². The predicted octanol–water partition coefficient (Wildman–Crippen LogP) is 4.00. The molecule has 7 nitrogen and oxygen atoms in total. The van der Waals surface area contributed by atoms with Crippen LogP contribution in [0, 0.1) is 0 Å². The van der Waals surface area contributed by atoms with E-state index in [1.807, 2.05) is 42.5 Å². The summed E-state index contributed by atoms with van der Waals surface area (Å²) in [6, 6.07) is 13.7. The van der Waals surface area contributed by atoms with Crippen molar-refractivity contribution in [3.05, 3.63) is 53.6 Å². The van der Waals surface area contributed by atoms with Crippen molar-refractivity contribution in [2.24, 2.45) is 0 Å². The van der Waals surface area contributed by atoms with E-state index in [2.05, 4.69) is 9.80 Å². The molecule has 2 aromatic rings. The smallest absolute Gasteiger partial charge is 0.254 e. The van der Waals surface area contributed by atoms with Crippen LogP contribution in [-0.2, 0) is 11.3 Å². The standard InChI is InChI=1S/C27H36N2O5/c1-31-23-10-8-21(9-11-23)27(30)29(22-6-4-5-7-22)19-26-18-28(12-13-34-26)17-20-14-24(32-2)16-25(15-20)33-3/h8-11,14-16,22,26H,4-7,12-13,17-19H2,1-3H3. The quantitative estimate of drug-likeness (QED) is 0.555. The van der Waals surface area contributed by atoms with Crippen molar-refractivity contribution in [1.29, 1.82) is 0 Å². The minimum absolute atomic E-state index is 0.0240. The van der Waals surface area contributed by atoms with E-state index in [1.54, 1.807) is 21.3 Å². The second kappa shape index (κ2) is 11.6. The number of benzene rings is 2. The molecule has 184 valence electrons. The van der Waals surface area contributed by atoms with Gasteiger partial charge in [-0.1, -0.05) is 12.8 Å². The van der Waals surface area contributed by atoms with Crippen molar-refractivity contribution < 1.29 is 23.7 Å². The lowest BCUT2D eigenvalue weighted by Gasteiger charge is -2.38. The molecule has 7 heteroatoms. The van der Waals surface area contributed by atoms with E-state index in [0.29, 0.717) is 18.7 Å². The molecule has 0 N–H and O–H groups in total. The van der Waals surface area contributed by atoms with Gasteiger partial charge in [-0.05, 0) is 54.8 Å². The lowest BCUT2D eigenvalue weighted by atomic mass is 10.1. The first kappa shape index (κ1) is 24.4. The Bertz CT molecular complexity index is 920. The number of methoxy groups -OCH3 is 3. The molecule has 34 heavy (non-hydrogen) atoms. The fourth-order valence-electron chi connectivity index (χ4n) is 4.98. The number of carbonyl (C=O) groups is 1. The van der Waals surface area contributed by atoms with E-state index in [1.165, 1.54) is 12.8 Å². The second-order valence-corrected chi connectivity index (χ2v) is 9.07. The SMILES string of the molecule is COc1ccc(C(=O)N(CC2CN(Cc3cc(OC)cc(OC)c3)CCO2)C2CCCC2)cc1. The van der Waals surface area contributed by atoms with Crippen LogP contribution in [0.2, 0.25) is 0 Å². The number of rotatable bonds is 9. The number of morpholine rings is 1. The number of carbonyl (C=O) groups excluding carboxylic acids is 1. The molecule has 0 aromatic heterocycles. The maximum Gasteiger partial charge on any atom is 0.254 e. The van der Waals surface area contributed by atoms with Gasteiger partial charge in [0.2, 0.25) is 0 Å². The van der Waals surface area contributed by atoms with Crippen LogP contribution in [0.5, 0.6) is 17.2 Å². The maximum atomic E-state index is 13.5. The van der Waals surface area contributed by atoms with Crippen molar-refractivity contribution >= 4 is 5.91 Å². The molecule has 4 rings (SSSR count). The van der Waals surface area contributed by atoms with Gasteiger partial charge in [-0.2, -0.15) is 0 Å². The van der Waals surface area contributed by atoms with Crippen LogP contribution in [0.4, 0.5) is 0 Å². The highest BCUT2D eigenvalue weighted by molar-refractivity contribution is 5.94. The third-order valence-corrected chi connectivity index (χ3v) is 6.80. The van der Waals surface area contributed by atoms with E-state index in [9.17, 15) is 4.79 Å². The van der Waals surface area contributed by atoms with Crippen molar-refractivity contribution in [3.63, 3.8) is 0 Å². The van der Waals surface area contributed by atoms with Gasteiger partial charge in [0.25, 0.3) is 5.91 Å². The normalized spacial score (nSPS) is 19.1. The van der Waals surface area contributed by atoms with Crippen LogP contribution in [0.3, 0.4) is 0 Å². The summed E-state index contributed by atoms with van der Waals surface area (Å²) >= 11 is 0. The zero-order chi connectivity index (χ0) is 23.9. The molecule has 2 fully saturated rings. The number of amides is 1. The molecule has 1 heterocycles. The summed E-state index contributed by atoms with van der Waals surface area (Å²) in [5.74, 6) is 2.41. The van der Waals surface area contributed by atoms with Crippen LogP contribution in [-0.4, -0.2) is 75.4 Å². The number of ether oxygens (including phenoxy) is 4. The summed E-state index contributed by atoms with van der Waals surface area (Å²) in [5, 5.41) is 0. The zero-order valence-corrected chi connectivity index (χ0v) is 20.5. The Morgan fingerprint density at radius 2 is 1.62 bits per heavy atom. The molecular weight excluding hydrogens is 432 g/mol. The van der Waals surface area contributed by atoms with Crippen molar-refractivity contribution in [2.75, 3.05) is 47.6 Å². The molecule has 0 spiro atoms. The molecule has 0 radical (unpaired) electrons. The van der Waals surface area contributed by atoms with Crippen molar-refractivity contribution in [3.8, 4) is 17.2 Å². The molecule has 2 aromatic carbocycles. The van der Waals surface area contributed by atoms with Gasteiger partial charge in [0.1, 0.15) is 17.2 Å². The first-order chi connectivity index (χ1) is 16.6. The lowest BCUT2D eigenvalue weighted by Crippen LogP contribution is -2.50. The summed E-state index contributed by atoms with van der Waals surface area (Å²) in [7, 11) is 4.97. The Morgan fingerprint density at radius 3 is 2.24 bits per heavy atom. The lowest BCUT2D eigenvalue weighted by molar-refractivity contribution is -0.0468. The highest BCUT2D eigenvalue weighted by Crippen LogP contribution is 2.27. The van der Waals surface area contributed by atoms with Gasteiger partial charge in [0.05, 0.1) is 34.0 Å². The average molecular weight is 469 g/mol. The van der Waals surface area contributed by atoms with E-state index >= 15 is 0 Å². The van der Waals surface area contributed by atoms with Crippen molar-refractivity contribution in [2.45, 2.75) is 44.4 Å². The first-order valence-electron chi connectivity index (χ1n) is 12.1. The molecule has 2 aliphatic rings. The van der Waals surface area contributed by atoms with E-state index in [4.69, 9.17) is 18.9 Å². The van der Waals surface area contributed by atoms with Crippen molar-refractivity contribution in [1.82, 2.24) is 9.80 Å². The highest BCUT2D eigenvalue weighted by Gasteiger charge is 2.31. The van der Waals surface area contributed by atoms with Gasteiger partial charge in [0, 0.05) is 43.9 Å². The fraction of sp³-hybridized carbons (Fsp3) is 0.519. The second-order valence-electron chi connectivity index (χ2n) is 9.07. The molecule has 1 amide bonds. The first-order valence-corrected chi connectivity index (χ1v) is 12.1. The third kappa shape index (κ3) is 6.02. The van der Waals surface area contributed by atoms with Gasteiger partial charge in [-0.15, -0.1) is 0 Å². The van der Waals surface area contributed by atoms with Gasteiger partial charge in [-0.25, -0.2) is 0 Å². The summed E-state index contributed by atoms with van der Waals surface area (Å²) in [5.41, 5.74) is 1.84. The monoisotopic (exact) mass is 468 g/mol. The maximum absolute atomic E-state index is 13.5. The summed E-state index contributed by atoms with van der Waals surface area (Å²) < 4.78 is 22.2. The van der Waals surface area contributed by atoms with Gasteiger partial charge >= 0.3 is 0 Å². The van der Waals surface area contributed by atoms with Crippen LogP contribution >= 0.6 is 0 Å². The van der Waals surface area contributed by atoms with E-state index in [0.717, 1.165) is 55.3 Å². The Kier molecular flexibility index (Phi) is 8.29. The van der Waals surface area contributed by atoms with Gasteiger partial charge in [-0.3, -0.25) is 9.69 Å². The highest BCUT2D eigenvalue weighted by atomic mass is 16.5.